The molecule has 0 aliphatic heterocycles. The smallest absolute Gasteiger partial charge is 0 e. The summed E-state index contributed by atoms with van der Waals surface area (Å²) >= 11 is -2.03. The van der Waals surface area contributed by atoms with Gasteiger partial charge in [0.15, 0.2) is 5.65 Å². The predicted octanol–water partition coefficient (Wildman–Crippen LogP) is 13.9. The third-order valence-corrected chi connectivity index (χ3v) is 15.2. The van der Waals surface area contributed by atoms with Crippen molar-refractivity contribution in [3.63, 3.8) is 0 Å². The summed E-state index contributed by atoms with van der Waals surface area (Å²) in [5.41, 5.74) is 13.3. The van der Waals surface area contributed by atoms with E-state index >= 15 is 0 Å². The van der Waals surface area contributed by atoms with Crippen molar-refractivity contribution in [2.45, 2.75) is 76.5 Å². The van der Waals surface area contributed by atoms with E-state index in [9.17, 15) is 0 Å². The second-order valence-electron chi connectivity index (χ2n) is 17.1. The number of hydrogen-bond acceptors (Lipinski definition) is 4. The number of furan rings is 1. The molecule has 0 unspecified atom stereocenters. The van der Waals surface area contributed by atoms with Crippen LogP contribution in [0.1, 0.15) is 77.3 Å². The SMILES string of the molecule is CC(C)c1cc(-c2ccccc2)cc(C(C)C)c1-n1c(-c2[c-]ccc3c2oc2ccccc23)nc2cccnc21.[2H]C(C)(C)c1cc(-c2[c-]cccc2)nc[c]1[Ge]([CH3])([CH3])[CH3].[Ir]. The van der Waals surface area contributed by atoms with E-state index in [1.54, 1.807) is 0 Å². The van der Waals surface area contributed by atoms with E-state index in [0.717, 1.165) is 67.0 Å². The van der Waals surface area contributed by atoms with Crippen LogP contribution in [0.5, 0.6) is 0 Å². The summed E-state index contributed by atoms with van der Waals surface area (Å²) in [7, 11) is 0. The van der Waals surface area contributed by atoms with Gasteiger partial charge in [-0.15, -0.1) is 18.2 Å². The molecule has 4 aromatic heterocycles. The Bertz CT molecular complexity index is 2930. The van der Waals surface area contributed by atoms with Crippen molar-refractivity contribution >= 4 is 50.8 Å². The first-order valence-corrected chi connectivity index (χ1v) is 27.9. The number of hydrogen-bond donors (Lipinski definition) is 0. The van der Waals surface area contributed by atoms with Gasteiger partial charge in [0.1, 0.15) is 5.58 Å². The molecule has 0 fully saturated rings. The van der Waals surface area contributed by atoms with Gasteiger partial charge in [0.25, 0.3) is 0 Å². The van der Waals surface area contributed by atoms with Crippen LogP contribution in [0.4, 0.5) is 0 Å². The maximum atomic E-state index is 8.44. The average molecular weight is 1030 g/mol. The molecule has 5 aromatic carbocycles. The monoisotopic (exact) mass is 1030 g/mol. The summed E-state index contributed by atoms with van der Waals surface area (Å²) < 4.78 is 18.5. The minimum Gasteiger partial charge on any atom is 0 e. The zero-order valence-electron chi connectivity index (χ0n) is 36.9. The molecule has 4 heterocycles. The molecule has 1 radical (unpaired) electrons. The zero-order valence-corrected chi connectivity index (χ0v) is 40.4. The van der Waals surface area contributed by atoms with Gasteiger partial charge in [0.2, 0.25) is 0 Å². The minimum atomic E-state index is -2.03. The third-order valence-electron chi connectivity index (χ3n) is 11.0. The van der Waals surface area contributed by atoms with Crippen LogP contribution in [0, 0.1) is 12.1 Å². The Morgan fingerprint density at radius 1 is 0.683 bits per heavy atom. The molecule has 9 rings (SSSR count). The molecule has 60 heavy (non-hydrogen) atoms. The van der Waals surface area contributed by atoms with Crippen LogP contribution in [0.3, 0.4) is 0 Å². The molecule has 5 nitrogen and oxygen atoms in total. The second kappa shape index (κ2) is 17.8. The van der Waals surface area contributed by atoms with Crippen molar-refractivity contribution in [3.05, 3.63) is 163 Å². The molecular weight excluding hydrogens is 973 g/mol. The standard InChI is InChI=1S/C36H30N3O.C17H22GeN.Ir/c1-22(2)29-20-25(24-12-6-5-7-13-24)21-30(23(3)4)33(29)39-35(38-31-17-11-19-37-36(31)39)28-16-10-15-27-26-14-8-9-18-32(26)40-34(27)28;1-13(2)15-11-17(14-9-7-6-8-10-14)19-12-16(15)18(3,4)5;/h5-15,17-23H,1-4H3;6-9,11-13H,1-5H3;/q2*-1;/i;13D;. The van der Waals surface area contributed by atoms with Crippen LogP contribution in [-0.4, -0.2) is 32.8 Å². The first-order valence-electron chi connectivity index (χ1n) is 21.1. The minimum absolute atomic E-state index is 0. The van der Waals surface area contributed by atoms with Gasteiger partial charge >= 0.3 is 120 Å². The van der Waals surface area contributed by atoms with Gasteiger partial charge in [-0.2, -0.15) is 0 Å². The summed E-state index contributed by atoms with van der Waals surface area (Å²) in [6, 6.07) is 48.2. The van der Waals surface area contributed by atoms with Gasteiger partial charge in [0.05, 0.1) is 16.9 Å². The summed E-state index contributed by atoms with van der Waals surface area (Å²) in [4.78, 5) is 14.7. The van der Waals surface area contributed by atoms with E-state index in [-0.39, 0.29) is 31.9 Å². The Balaban J connectivity index is 0.000000226. The Morgan fingerprint density at radius 2 is 1.38 bits per heavy atom. The second-order valence-corrected chi connectivity index (χ2v) is 27.7. The van der Waals surface area contributed by atoms with Gasteiger partial charge in [-0.3, -0.25) is 4.98 Å². The molecule has 0 spiro atoms. The molecule has 0 aliphatic rings. The van der Waals surface area contributed by atoms with Gasteiger partial charge < -0.3 is 8.98 Å². The molecule has 0 saturated carbocycles. The van der Waals surface area contributed by atoms with Crippen molar-refractivity contribution in [3.8, 4) is 39.5 Å². The number of aromatic nitrogens is 4. The van der Waals surface area contributed by atoms with E-state index in [2.05, 4.69) is 127 Å². The van der Waals surface area contributed by atoms with Gasteiger partial charge in [-0.25, -0.2) is 4.98 Å². The Kier molecular flexibility index (Phi) is 12.4. The fourth-order valence-corrected chi connectivity index (χ4v) is 11.3. The van der Waals surface area contributed by atoms with Crippen molar-refractivity contribution in [2.24, 2.45) is 0 Å². The number of pyridine rings is 2. The molecule has 0 N–H and O–H groups in total. The van der Waals surface area contributed by atoms with Crippen LogP contribution in [0.15, 0.2) is 138 Å². The summed E-state index contributed by atoms with van der Waals surface area (Å²) in [6.45, 7) is 13.0. The summed E-state index contributed by atoms with van der Waals surface area (Å²) in [6.07, 6.45) is 3.85. The van der Waals surface area contributed by atoms with Crippen molar-refractivity contribution in [1.82, 2.24) is 19.5 Å². The molecule has 0 aliphatic carbocycles. The molecule has 0 saturated heterocycles. The number of fused-ring (bicyclic) bond motifs is 4. The van der Waals surface area contributed by atoms with Crippen LogP contribution in [-0.2, 0) is 20.1 Å². The number of imidazole rings is 1. The Hall–Kier alpha value is -5.14. The first-order chi connectivity index (χ1) is 28.7. The maximum absolute atomic E-state index is 8.44. The summed E-state index contributed by atoms with van der Waals surface area (Å²) in [5, 5.41) is 2.15. The fraction of sp³-hybridized carbons (Fsp3) is 0.226. The van der Waals surface area contributed by atoms with E-state index in [1.165, 1.54) is 26.6 Å². The number of para-hydroxylation sites is 1. The van der Waals surface area contributed by atoms with Crippen LogP contribution >= 0.6 is 0 Å². The molecular formula is C53H52GeIrN4O-2. The third kappa shape index (κ3) is 8.43. The molecule has 0 amide bonds. The molecule has 9 aromatic rings. The van der Waals surface area contributed by atoms with Crippen molar-refractivity contribution in [1.29, 1.82) is 0 Å². The normalized spacial score (nSPS) is 12.2. The van der Waals surface area contributed by atoms with Crippen LogP contribution < -0.4 is 4.40 Å². The van der Waals surface area contributed by atoms with E-state index in [4.69, 9.17) is 15.8 Å². The number of rotatable bonds is 8. The van der Waals surface area contributed by atoms with Crippen LogP contribution in [0.25, 0.3) is 72.6 Å². The molecule has 7 heteroatoms. The number of nitrogens with zero attached hydrogens (tertiary/aromatic N) is 4. The first kappa shape index (κ1) is 41.6. The van der Waals surface area contributed by atoms with Crippen molar-refractivity contribution < 1.29 is 25.9 Å². The quantitative estimate of drug-likeness (QED) is 0.112. The molecule has 0 atom stereocenters. The van der Waals surface area contributed by atoms with E-state index in [0.29, 0.717) is 0 Å². The largest absolute Gasteiger partial charge is 0 e. The molecule has 0 bridgehead atoms. The Labute approximate surface area is 372 Å². The molecule has 305 valence electrons. The fourth-order valence-electron chi connectivity index (χ4n) is 7.93. The van der Waals surface area contributed by atoms with Crippen LogP contribution in [0.2, 0.25) is 17.3 Å². The maximum Gasteiger partial charge on any atom is 0 e. The van der Waals surface area contributed by atoms with Gasteiger partial charge in [-0.1, -0.05) is 87.2 Å². The Morgan fingerprint density at radius 3 is 2.05 bits per heavy atom. The average Bonchev–Trinajstić information content (AvgIpc) is 3.82. The predicted molar refractivity (Wildman–Crippen MR) is 250 cm³/mol. The zero-order chi connectivity index (χ0) is 42.3. The summed E-state index contributed by atoms with van der Waals surface area (Å²) in [5.74, 6) is 7.78. The van der Waals surface area contributed by atoms with E-state index < -0.39 is 19.2 Å². The van der Waals surface area contributed by atoms with E-state index in [1.807, 2.05) is 86.9 Å². The van der Waals surface area contributed by atoms with Crippen molar-refractivity contribution in [2.75, 3.05) is 0 Å². The van der Waals surface area contributed by atoms with Gasteiger partial charge in [0, 0.05) is 37.4 Å². The topological polar surface area (TPSA) is 56.7 Å². The number of benzene rings is 5. The van der Waals surface area contributed by atoms with Gasteiger partial charge in [-0.05, 0) is 64.4 Å².